The third kappa shape index (κ3) is 31.2. The van der Waals surface area contributed by atoms with Crippen molar-refractivity contribution in [2.24, 2.45) is 0 Å². The molecule has 0 rings (SSSR count). The third-order valence-electron chi connectivity index (χ3n) is 7.40. The molecule has 0 aliphatic rings. The van der Waals surface area contributed by atoms with Gasteiger partial charge in [0.2, 0.25) is 0 Å². The molecule has 0 saturated heterocycles. The first-order chi connectivity index (χ1) is 17.8. The van der Waals surface area contributed by atoms with Crippen molar-refractivity contribution in [2.45, 2.75) is 194 Å². The molecule has 0 aromatic rings. The van der Waals surface area contributed by atoms with Gasteiger partial charge in [0.25, 0.3) is 0 Å². The van der Waals surface area contributed by atoms with Gasteiger partial charge in [-0.15, -0.1) is 0 Å². The molecule has 0 amide bonds. The lowest BCUT2D eigenvalue weighted by molar-refractivity contribution is -0.143. The SMILES string of the molecule is CCCCCCCC/C=C/CCCCCCCCCCCC(=O)OCCCCCCCCCCCC. The van der Waals surface area contributed by atoms with Gasteiger partial charge in [-0.2, -0.15) is 0 Å². The van der Waals surface area contributed by atoms with Crippen LogP contribution in [0.5, 0.6) is 0 Å². The molecule has 0 fully saturated rings. The summed E-state index contributed by atoms with van der Waals surface area (Å²) >= 11 is 0. The summed E-state index contributed by atoms with van der Waals surface area (Å²) in [6, 6.07) is 0. The topological polar surface area (TPSA) is 26.3 Å². The highest BCUT2D eigenvalue weighted by molar-refractivity contribution is 5.69. The van der Waals surface area contributed by atoms with Crippen LogP contribution in [0, 0.1) is 0 Å². The van der Waals surface area contributed by atoms with E-state index < -0.39 is 0 Å². The van der Waals surface area contributed by atoms with Gasteiger partial charge < -0.3 is 4.74 Å². The molecule has 0 N–H and O–H groups in total. The normalized spacial score (nSPS) is 11.5. The summed E-state index contributed by atoms with van der Waals surface area (Å²) in [6.07, 6.45) is 41.2. The van der Waals surface area contributed by atoms with E-state index in [0.29, 0.717) is 13.0 Å². The highest BCUT2D eigenvalue weighted by atomic mass is 16.5. The van der Waals surface area contributed by atoms with Crippen molar-refractivity contribution < 1.29 is 9.53 Å². The third-order valence-corrected chi connectivity index (χ3v) is 7.40. The Hall–Kier alpha value is -0.790. The molecule has 0 spiro atoms. The first-order valence-electron chi connectivity index (χ1n) is 16.6. The van der Waals surface area contributed by atoms with Crippen LogP contribution in [0.15, 0.2) is 12.2 Å². The Kier molecular flexibility index (Phi) is 31.5. The second kappa shape index (κ2) is 32.2. The molecule has 0 aliphatic heterocycles. The van der Waals surface area contributed by atoms with Crippen LogP contribution in [0.3, 0.4) is 0 Å². The van der Waals surface area contributed by atoms with Crippen LogP contribution in [-0.4, -0.2) is 12.6 Å². The van der Waals surface area contributed by atoms with Crippen LogP contribution in [0.2, 0.25) is 0 Å². The Labute approximate surface area is 227 Å². The first-order valence-corrected chi connectivity index (χ1v) is 16.6. The molecule has 0 radical (unpaired) electrons. The molecule has 0 atom stereocenters. The van der Waals surface area contributed by atoms with Gasteiger partial charge in [0.1, 0.15) is 0 Å². The van der Waals surface area contributed by atoms with Gasteiger partial charge in [-0.3, -0.25) is 4.79 Å². The van der Waals surface area contributed by atoms with Crippen molar-refractivity contribution in [3.05, 3.63) is 12.2 Å². The number of carbonyl (C=O) groups excluding carboxylic acids is 1. The quantitative estimate of drug-likeness (QED) is 0.0550. The van der Waals surface area contributed by atoms with Crippen molar-refractivity contribution in [2.75, 3.05) is 6.61 Å². The second-order valence-corrected chi connectivity index (χ2v) is 11.2. The van der Waals surface area contributed by atoms with Crippen LogP contribution in [-0.2, 0) is 9.53 Å². The van der Waals surface area contributed by atoms with Gasteiger partial charge in [0, 0.05) is 6.42 Å². The number of rotatable bonds is 30. The molecular formula is C34H66O2. The average molecular weight is 507 g/mol. The Bertz CT molecular complexity index is 442. The lowest BCUT2D eigenvalue weighted by Gasteiger charge is -2.05. The van der Waals surface area contributed by atoms with Gasteiger partial charge in [-0.25, -0.2) is 0 Å². The number of ether oxygens (including phenoxy) is 1. The van der Waals surface area contributed by atoms with Crippen LogP contribution in [0.1, 0.15) is 194 Å². The monoisotopic (exact) mass is 507 g/mol. The molecule has 0 aromatic heterocycles. The molecule has 0 unspecified atom stereocenters. The fourth-order valence-electron chi connectivity index (χ4n) is 4.89. The van der Waals surface area contributed by atoms with Crippen LogP contribution < -0.4 is 0 Å². The van der Waals surface area contributed by atoms with Crippen molar-refractivity contribution >= 4 is 5.97 Å². The van der Waals surface area contributed by atoms with Crippen molar-refractivity contribution in [1.82, 2.24) is 0 Å². The number of hydrogen-bond donors (Lipinski definition) is 0. The van der Waals surface area contributed by atoms with Crippen LogP contribution in [0.4, 0.5) is 0 Å². The van der Waals surface area contributed by atoms with Crippen LogP contribution in [0.25, 0.3) is 0 Å². The molecule has 0 saturated carbocycles. The van der Waals surface area contributed by atoms with Gasteiger partial charge in [-0.1, -0.05) is 161 Å². The minimum Gasteiger partial charge on any atom is -0.466 e. The van der Waals surface area contributed by atoms with E-state index in [-0.39, 0.29) is 5.97 Å². The fourth-order valence-corrected chi connectivity index (χ4v) is 4.89. The lowest BCUT2D eigenvalue weighted by Crippen LogP contribution is -2.05. The predicted molar refractivity (Wildman–Crippen MR) is 161 cm³/mol. The first kappa shape index (κ1) is 35.2. The van der Waals surface area contributed by atoms with Crippen molar-refractivity contribution in [1.29, 1.82) is 0 Å². The Morgan fingerprint density at radius 1 is 0.444 bits per heavy atom. The number of esters is 1. The maximum Gasteiger partial charge on any atom is 0.305 e. The van der Waals surface area contributed by atoms with E-state index in [1.165, 1.54) is 161 Å². The molecule has 0 aliphatic carbocycles. The molecule has 0 heterocycles. The minimum atomic E-state index is 0.0203. The Morgan fingerprint density at radius 3 is 1.19 bits per heavy atom. The Balaban J connectivity index is 3.18. The molecule has 2 nitrogen and oxygen atoms in total. The number of hydrogen-bond acceptors (Lipinski definition) is 2. The maximum absolute atomic E-state index is 11.9. The van der Waals surface area contributed by atoms with Crippen molar-refractivity contribution in [3.8, 4) is 0 Å². The van der Waals surface area contributed by atoms with Gasteiger partial charge in [-0.05, 0) is 38.5 Å². The maximum atomic E-state index is 11.9. The van der Waals surface area contributed by atoms with Crippen molar-refractivity contribution in [3.63, 3.8) is 0 Å². The van der Waals surface area contributed by atoms with E-state index in [2.05, 4.69) is 26.0 Å². The minimum absolute atomic E-state index is 0.0203. The van der Waals surface area contributed by atoms with E-state index in [0.717, 1.165) is 12.8 Å². The van der Waals surface area contributed by atoms with E-state index in [9.17, 15) is 4.79 Å². The van der Waals surface area contributed by atoms with E-state index in [1.807, 2.05) is 0 Å². The zero-order valence-electron chi connectivity index (χ0n) is 25.0. The molecule has 36 heavy (non-hydrogen) atoms. The van der Waals surface area contributed by atoms with Gasteiger partial charge in [0.15, 0.2) is 0 Å². The molecular weight excluding hydrogens is 440 g/mol. The van der Waals surface area contributed by atoms with E-state index in [4.69, 9.17) is 4.74 Å². The van der Waals surface area contributed by atoms with Gasteiger partial charge in [0.05, 0.1) is 6.61 Å². The molecule has 2 heteroatoms. The average Bonchev–Trinajstić information content (AvgIpc) is 2.88. The summed E-state index contributed by atoms with van der Waals surface area (Å²) in [5, 5.41) is 0. The van der Waals surface area contributed by atoms with E-state index in [1.54, 1.807) is 0 Å². The summed E-state index contributed by atoms with van der Waals surface area (Å²) in [5.41, 5.74) is 0. The second-order valence-electron chi connectivity index (χ2n) is 11.2. The number of carbonyl (C=O) groups is 1. The summed E-state index contributed by atoms with van der Waals surface area (Å²) in [7, 11) is 0. The summed E-state index contributed by atoms with van der Waals surface area (Å²) in [4.78, 5) is 11.9. The molecule has 0 bridgehead atoms. The fraction of sp³-hybridized carbons (Fsp3) is 0.912. The molecule has 214 valence electrons. The van der Waals surface area contributed by atoms with Gasteiger partial charge >= 0.3 is 5.97 Å². The predicted octanol–water partition coefficient (Wildman–Crippen LogP) is 12.0. The largest absolute Gasteiger partial charge is 0.466 e. The lowest BCUT2D eigenvalue weighted by atomic mass is 10.1. The highest BCUT2D eigenvalue weighted by Crippen LogP contribution is 2.13. The smallest absolute Gasteiger partial charge is 0.305 e. The number of allylic oxidation sites excluding steroid dienone is 2. The zero-order valence-corrected chi connectivity index (χ0v) is 25.0. The summed E-state index contributed by atoms with van der Waals surface area (Å²) in [5.74, 6) is 0.0203. The van der Waals surface area contributed by atoms with E-state index >= 15 is 0 Å². The van der Waals surface area contributed by atoms with Crippen LogP contribution >= 0.6 is 0 Å². The highest BCUT2D eigenvalue weighted by Gasteiger charge is 2.02. The standard InChI is InChI=1S/C34H66O2/c1-3-5-7-9-11-13-15-16-17-18-19-20-21-22-23-24-26-28-30-32-34(35)36-33-31-29-27-25-14-12-10-8-6-4-2/h16-17H,3-15,18-33H2,1-2H3/b17-16+. The zero-order chi connectivity index (χ0) is 26.2. The Morgan fingerprint density at radius 2 is 0.778 bits per heavy atom. The summed E-state index contributed by atoms with van der Waals surface area (Å²) < 4.78 is 5.41. The molecule has 0 aromatic carbocycles. The number of unbranched alkanes of at least 4 members (excludes halogenated alkanes) is 24. The summed E-state index contributed by atoms with van der Waals surface area (Å²) in [6.45, 7) is 5.18.